The zero-order valence-electron chi connectivity index (χ0n) is 16.1. The van der Waals surface area contributed by atoms with Crippen LogP contribution < -0.4 is 5.32 Å². The highest BCUT2D eigenvalue weighted by Gasteiger charge is 2.36. The Labute approximate surface area is 166 Å². The molecule has 7 heteroatoms. The summed E-state index contributed by atoms with van der Waals surface area (Å²) in [6, 6.07) is 5.18. The minimum Gasteiger partial charge on any atom is -0.321 e. The molecular weight excluding hydrogens is 376 g/mol. The van der Waals surface area contributed by atoms with E-state index < -0.39 is 22.0 Å². The van der Waals surface area contributed by atoms with Crippen LogP contribution >= 0.6 is 0 Å². The summed E-state index contributed by atoms with van der Waals surface area (Å²) >= 11 is 0. The molecule has 150 valence electrons. The summed E-state index contributed by atoms with van der Waals surface area (Å²) in [5, 5.41) is 13.0. The second-order valence-electron chi connectivity index (χ2n) is 6.73. The first-order valence-corrected chi connectivity index (χ1v) is 10.6. The van der Waals surface area contributed by atoms with Gasteiger partial charge in [0.1, 0.15) is 0 Å². The van der Waals surface area contributed by atoms with Crippen LogP contribution in [0.5, 0.6) is 0 Å². The lowest BCUT2D eigenvalue weighted by Crippen LogP contribution is -2.39. The third-order valence-electron chi connectivity index (χ3n) is 4.72. The van der Waals surface area contributed by atoms with Gasteiger partial charge in [-0.05, 0) is 50.0 Å². The number of carbonyl (C=O) groups is 1. The molecule has 1 aliphatic rings. The van der Waals surface area contributed by atoms with Gasteiger partial charge in [0, 0.05) is 17.3 Å². The normalized spacial score (nSPS) is 20.4. The molecule has 1 aliphatic carbocycles. The molecule has 0 aliphatic heterocycles. The zero-order valence-corrected chi connectivity index (χ0v) is 16.9. The van der Waals surface area contributed by atoms with Gasteiger partial charge in [-0.3, -0.25) is 10.0 Å². The SMILES string of the molecule is C=C=C/C(=C\C=C/C)NC(=O)c1cccc(S(=O)(=O)N(O)C2CCCC2C)c1. The Balaban J connectivity index is 2.27. The third-order valence-corrected chi connectivity index (χ3v) is 6.34. The van der Waals surface area contributed by atoms with Crippen molar-refractivity contribution in [3.05, 3.63) is 72.1 Å². The van der Waals surface area contributed by atoms with Crippen molar-refractivity contribution in [1.29, 1.82) is 0 Å². The smallest absolute Gasteiger partial charge is 0.265 e. The highest BCUT2D eigenvalue weighted by Crippen LogP contribution is 2.31. The minimum absolute atomic E-state index is 0.0799. The van der Waals surface area contributed by atoms with Crippen LogP contribution in [-0.2, 0) is 10.0 Å². The number of hydrogen-bond donors (Lipinski definition) is 2. The lowest BCUT2D eigenvalue weighted by atomic mass is 10.1. The highest BCUT2D eigenvalue weighted by molar-refractivity contribution is 7.89. The van der Waals surface area contributed by atoms with Gasteiger partial charge in [0.25, 0.3) is 15.9 Å². The largest absolute Gasteiger partial charge is 0.321 e. The van der Waals surface area contributed by atoms with Gasteiger partial charge in [0.2, 0.25) is 0 Å². The Kier molecular flexibility index (Phi) is 7.54. The molecular formula is C21H26N2O4S. The average Bonchev–Trinajstić information content (AvgIpc) is 3.11. The fraction of sp³-hybridized carbons (Fsp3) is 0.333. The summed E-state index contributed by atoms with van der Waals surface area (Å²) in [5.41, 5.74) is 3.22. The molecule has 0 heterocycles. The van der Waals surface area contributed by atoms with Crippen molar-refractivity contribution in [2.45, 2.75) is 44.0 Å². The van der Waals surface area contributed by atoms with Gasteiger partial charge in [-0.25, -0.2) is 8.42 Å². The number of nitrogens with one attached hydrogen (secondary N) is 1. The number of benzene rings is 1. The van der Waals surface area contributed by atoms with Gasteiger partial charge in [-0.2, -0.15) is 0 Å². The fourth-order valence-electron chi connectivity index (χ4n) is 3.18. The summed E-state index contributed by atoms with van der Waals surface area (Å²) in [7, 11) is -4.11. The summed E-state index contributed by atoms with van der Waals surface area (Å²) in [5.74, 6) is -0.394. The van der Waals surface area contributed by atoms with E-state index in [-0.39, 0.29) is 16.4 Å². The Morgan fingerprint density at radius 2 is 2.14 bits per heavy atom. The third kappa shape index (κ3) is 5.09. The number of hydroxylamine groups is 1. The molecule has 0 aromatic heterocycles. The van der Waals surface area contributed by atoms with Gasteiger partial charge in [-0.1, -0.05) is 42.6 Å². The molecule has 2 atom stereocenters. The van der Waals surface area contributed by atoms with Crippen LogP contribution in [0.4, 0.5) is 0 Å². The van der Waals surface area contributed by atoms with Gasteiger partial charge in [-0.15, -0.1) is 5.73 Å². The van der Waals surface area contributed by atoms with Crippen LogP contribution in [0.25, 0.3) is 0 Å². The summed E-state index contributed by atoms with van der Waals surface area (Å²) in [6.07, 6.45) is 9.09. The Hall–Kier alpha value is -2.44. The van der Waals surface area contributed by atoms with Crippen molar-refractivity contribution in [1.82, 2.24) is 9.79 Å². The molecule has 1 fully saturated rings. The Morgan fingerprint density at radius 3 is 2.75 bits per heavy atom. The van der Waals surface area contributed by atoms with Crippen LogP contribution in [0.15, 0.2) is 71.5 Å². The molecule has 1 saturated carbocycles. The maximum Gasteiger partial charge on any atom is 0.265 e. The summed E-state index contributed by atoms with van der Waals surface area (Å²) < 4.78 is 26.1. The number of carbonyl (C=O) groups excluding carboxylic acids is 1. The second-order valence-corrected chi connectivity index (χ2v) is 8.53. The maximum absolute atomic E-state index is 12.8. The van der Waals surface area contributed by atoms with Crippen LogP contribution in [0.2, 0.25) is 0 Å². The average molecular weight is 403 g/mol. The molecule has 6 nitrogen and oxygen atoms in total. The maximum atomic E-state index is 12.8. The molecule has 0 radical (unpaired) electrons. The van der Waals surface area contributed by atoms with Crippen molar-refractivity contribution in [3.63, 3.8) is 0 Å². The Morgan fingerprint density at radius 1 is 1.39 bits per heavy atom. The topological polar surface area (TPSA) is 86.7 Å². The van der Waals surface area contributed by atoms with Crippen LogP contribution in [-0.4, -0.2) is 30.0 Å². The van der Waals surface area contributed by atoms with Gasteiger partial charge < -0.3 is 5.32 Å². The first kappa shape index (κ1) is 21.9. The van der Waals surface area contributed by atoms with Crippen molar-refractivity contribution in [2.24, 2.45) is 5.92 Å². The molecule has 0 bridgehead atoms. The van der Waals surface area contributed by atoms with Crippen LogP contribution in [0, 0.1) is 5.92 Å². The van der Waals surface area contributed by atoms with E-state index in [1.54, 1.807) is 18.2 Å². The van der Waals surface area contributed by atoms with Crippen molar-refractivity contribution in [2.75, 3.05) is 0 Å². The van der Waals surface area contributed by atoms with Crippen molar-refractivity contribution < 1.29 is 18.4 Å². The number of hydrogen-bond acceptors (Lipinski definition) is 4. The molecule has 1 aromatic carbocycles. The number of allylic oxidation sites excluding steroid dienone is 4. The molecule has 1 amide bonds. The van der Waals surface area contributed by atoms with E-state index in [1.807, 2.05) is 13.8 Å². The summed E-state index contributed by atoms with van der Waals surface area (Å²) in [4.78, 5) is 12.4. The molecule has 0 spiro atoms. The lowest BCUT2D eigenvalue weighted by Gasteiger charge is -2.25. The van der Waals surface area contributed by atoms with E-state index in [9.17, 15) is 18.4 Å². The van der Waals surface area contributed by atoms with E-state index >= 15 is 0 Å². The molecule has 2 unspecified atom stereocenters. The van der Waals surface area contributed by atoms with Crippen molar-refractivity contribution in [3.8, 4) is 0 Å². The predicted octanol–water partition coefficient (Wildman–Crippen LogP) is 3.79. The van der Waals surface area contributed by atoms with Gasteiger partial charge in [0.15, 0.2) is 0 Å². The number of sulfonamides is 1. The molecule has 28 heavy (non-hydrogen) atoms. The quantitative estimate of drug-likeness (QED) is 0.413. The highest BCUT2D eigenvalue weighted by atomic mass is 32.2. The van der Waals surface area contributed by atoms with Crippen molar-refractivity contribution >= 4 is 15.9 Å². The second kappa shape index (κ2) is 9.66. The monoisotopic (exact) mass is 402 g/mol. The van der Waals surface area contributed by atoms with Gasteiger partial charge >= 0.3 is 0 Å². The van der Waals surface area contributed by atoms with Gasteiger partial charge in [0.05, 0.1) is 10.9 Å². The zero-order chi connectivity index (χ0) is 20.7. The van der Waals surface area contributed by atoms with E-state index in [1.165, 1.54) is 30.3 Å². The molecule has 1 aromatic rings. The van der Waals surface area contributed by atoms with Crippen LogP contribution in [0.3, 0.4) is 0 Å². The number of rotatable bonds is 7. The number of nitrogens with zero attached hydrogens (tertiary/aromatic N) is 1. The number of amides is 1. The van der Waals surface area contributed by atoms with E-state index in [0.29, 0.717) is 16.6 Å². The molecule has 2 rings (SSSR count). The first-order chi connectivity index (χ1) is 13.3. The molecule has 0 saturated heterocycles. The molecule has 2 N–H and O–H groups in total. The standard InChI is InChI=1S/C21H26N2O4S/c1-4-6-12-18(9-5-2)22-21(24)17-11-8-13-19(15-17)28(26,27)23(25)20-14-7-10-16(20)3/h4,6,8-9,11-13,15-16,20,25H,2,7,10,14H2,1,3H3,(H,22,24)/b6-4-,18-12+. The Bertz CT molecular complexity index is 927. The minimum atomic E-state index is -4.11. The first-order valence-electron chi connectivity index (χ1n) is 9.14. The fourth-order valence-corrected chi connectivity index (χ4v) is 4.59. The van der Waals surface area contributed by atoms with E-state index in [0.717, 1.165) is 12.8 Å². The van der Waals surface area contributed by atoms with Crippen LogP contribution in [0.1, 0.15) is 43.5 Å². The summed E-state index contributed by atoms with van der Waals surface area (Å²) in [6.45, 7) is 7.25. The lowest BCUT2D eigenvalue weighted by molar-refractivity contribution is -0.0455. The predicted molar refractivity (Wildman–Crippen MR) is 108 cm³/mol. The van der Waals surface area contributed by atoms with E-state index in [4.69, 9.17) is 0 Å². The van der Waals surface area contributed by atoms with E-state index in [2.05, 4.69) is 17.6 Å².